The first kappa shape index (κ1) is 18.5. The molecule has 1 aromatic heterocycles. The molecule has 0 atom stereocenters. The summed E-state index contributed by atoms with van der Waals surface area (Å²) in [4.78, 5) is 30.8. The molecular formula is C24H16BrN3O2. The summed E-state index contributed by atoms with van der Waals surface area (Å²) in [5, 5.41) is 3.40. The van der Waals surface area contributed by atoms with Crippen molar-refractivity contribution in [3.8, 4) is 5.69 Å². The molecule has 0 unspecified atom stereocenters. The predicted octanol–water partition coefficient (Wildman–Crippen LogP) is 4.95. The molecule has 2 heterocycles. The number of rotatable bonds is 2. The van der Waals surface area contributed by atoms with Crippen LogP contribution in [0.2, 0.25) is 0 Å². The largest absolute Gasteiger partial charge is 0.321 e. The van der Waals surface area contributed by atoms with Crippen molar-refractivity contribution in [3.63, 3.8) is 0 Å². The van der Waals surface area contributed by atoms with Gasteiger partial charge >= 0.3 is 0 Å². The van der Waals surface area contributed by atoms with Crippen LogP contribution in [-0.2, 0) is 4.79 Å². The van der Waals surface area contributed by atoms with Gasteiger partial charge in [0, 0.05) is 15.7 Å². The van der Waals surface area contributed by atoms with Gasteiger partial charge in [-0.05, 0) is 55.5 Å². The van der Waals surface area contributed by atoms with E-state index in [1.54, 1.807) is 22.8 Å². The fourth-order valence-electron chi connectivity index (χ4n) is 3.62. The average molecular weight is 458 g/mol. The maximum absolute atomic E-state index is 13.4. The van der Waals surface area contributed by atoms with Crippen LogP contribution in [0.4, 0.5) is 5.69 Å². The van der Waals surface area contributed by atoms with Gasteiger partial charge < -0.3 is 5.32 Å². The number of carbonyl (C=O) groups excluding carboxylic acids is 1. The van der Waals surface area contributed by atoms with E-state index in [0.29, 0.717) is 28.0 Å². The van der Waals surface area contributed by atoms with Gasteiger partial charge in [-0.1, -0.05) is 45.8 Å². The molecule has 0 bridgehead atoms. The Balaban J connectivity index is 1.81. The molecule has 5 rings (SSSR count). The van der Waals surface area contributed by atoms with Gasteiger partial charge in [-0.15, -0.1) is 0 Å². The van der Waals surface area contributed by atoms with E-state index in [1.165, 1.54) is 0 Å². The smallest absolute Gasteiger partial charge is 0.266 e. The van der Waals surface area contributed by atoms with Gasteiger partial charge in [0.2, 0.25) is 0 Å². The molecule has 146 valence electrons. The van der Waals surface area contributed by atoms with E-state index in [0.717, 1.165) is 21.3 Å². The SMILES string of the molecule is Cc1ccc(-n2c(C=C3C(=O)Nc4ccc(Br)cc43)nc3ccccc3c2=O)cc1. The van der Waals surface area contributed by atoms with Crippen LogP contribution in [-0.4, -0.2) is 15.5 Å². The Kier molecular flexibility index (Phi) is 4.37. The summed E-state index contributed by atoms with van der Waals surface area (Å²) in [5.74, 6) is 0.182. The Hall–Kier alpha value is -3.51. The highest BCUT2D eigenvalue weighted by atomic mass is 79.9. The number of aromatic nitrogens is 2. The minimum Gasteiger partial charge on any atom is -0.321 e. The van der Waals surface area contributed by atoms with Gasteiger partial charge in [-0.2, -0.15) is 0 Å². The van der Waals surface area contributed by atoms with E-state index in [9.17, 15) is 9.59 Å². The van der Waals surface area contributed by atoms with Crippen molar-refractivity contribution in [1.82, 2.24) is 9.55 Å². The highest BCUT2D eigenvalue weighted by Crippen LogP contribution is 2.35. The van der Waals surface area contributed by atoms with Gasteiger partial charge in [0.05, 0.1) is 22.2 Å². The number of fused-ring (bicyclic) bond motifs is 2. The monoisotopic (exact) mass is 457 g/mol. The molecule has 30 heavy (non-hydrogen) atoms. The molecule has 0 aliphatic carbocycles. The highest BCUT2D eigenvalue weighted by Gasteiger charge is 2.25. The van der Waals surface area contributed by atoms with Crippen molar-refractivity contribution < 1.29 is 4.79 Å². The van der Waals surface area contributed by atoms with E-state index in [1.807, 2.05) is 61.5 Å². The van der Waals surface area contributed by atoms with Crippen LogP contribution < -0.4 is 10.9 Å². The Morgan fingerprint density at radius 2 is 1.77 bits per heavy atom. The third-order valence-corrected chi connectivity index (χ3v) is 5.63. The maximum atomic E-state index is 13.4. The fraction of sp³-hybridized carbons (Fsp3) is 0.0417. The summed E-state index contributed by atoms with van der Waals surface area (Å²) in [6.45, 7) is 1.99. The molecule has 0 fully saturated rings. The van der Waals surface area contributed by atoms with Gasteiger partial charge in [0.25, 0.3) is 11.5 Å². The summed E-state index contributed by atoms with van der Waals surface area (Å²) < 4.78 is 2.42. The molecule has 3 aromatic carbocycles. The van der Waals surface area contributed by atoms with Crippen LogP contribution >= 0.6 is 15.9 Å². The van der Waals surface area contributed by atoms with E-state index in [4.69, 9.17) is 4.98 Å². The van der Waals surface area contributed by atoms with Crippen molar-refractivity contribution in [1.29, 1.82) is 0 Å². The number of halogens is 1. The number of benzene rings is 3. The average Bonchev–Trinajstić information content (AvgIpc) is 3.04. The maximum Gasteiger partial charge on any atom is 0.266 e. The summed E-state index contributed by atoms with van der Waals surface area (Å²) >= 11 is 3.46. The van der Waals surface area contributed by atoms with E-state index >= 15 is 0 Å². The fourth-order valence-corrected chi connectivity index (χ4v) is 3.98. The first-order chi connectivity index (χ1) is 14.5. The lowest BCUT2D eigenvalue weighted by Gasteiger charge is -2.12. The Labute approximate surface area is 180 Å². The second-order valence-corrected chi connectivity index (χ2v) is 8.08. The van der Waals surface area contributed by atoms with Crippen molar-refractivity contribution in [2.45, 2.75) is 6.92 Å². The second-order valence-electron chi connectivity index (χ2n) is 7.17. The normalized spacial score (nSPS) is 14.2. The summed E-state index contributed by atoms with van der Waals surface area (Å²) in [6.07, 6.45) is 1.68. The van der Waals surface area contributed by atoms with Crippen molar-refractivity contribution in [2.24, 2.45) is 0 Å². The van der Waals surface area contributed by atoms with Crippen molar-refractivity contribution >= 4 is 50.1 Å². The van der Waals surface area contributed by atoms with Crippen LogP contribution in [0, 0.1) is 6.92 Å². The van der Waals surface area contributed by atoms with Gasteiger partial charge in [0.15, 0.2) is 0 Å². The van der Waals surface area contributed by atoms with Crippen LogP contribution in [0.25, 0.3) is 28.2 Å². The molecule has 1 aliphatic heterocycles. The number of para-hydroxylation sites is 1. The molecule has 0 saturated heterocycles. The van der Waals surface area contributed by atoms with E-state index in [2.05, 4.69) is 21.2 Å². The topological polar surface area (TPSA) is 64.0 Å². The van der Waals surface area contributed by atoms with Crippen LogP contribution in [0.5, 0.6) is 0 Å². The number of hydrogen-bond acceptors (Lipinski definition) is 3. The first-order valence-electron chi connectivity index (χ1n) is 9.43. The Morgan fingerprint density at radius 3 is 2.57 bits per heavy atom. The number of nitrogens with one attached hydrogen (secondary N) is 1. The zero-order valence-electron chi connectivity index (χ0n) is 16.0. The second kappa shape index (κ2) is 7.07. The zero-order chi connectivity index (χ0) is 20.8. The molecule has 1 amide bonds. The number of hydrogen-bond donors (Lipinski definition) is 1. The molecular weight excluding hydrogens is 442 g/mol. The van der Waals surface area contributed by atoms with Crippen LogP contribution in [0.3, 0.4) is 0 Å². The van der Waals surface area contributed by atoms with Gasteiger partial charge in [-0.25, -0.2) is 4.98 Å². The van der Waals surface area contributed by atoms with E-state index < -0.39 is 0 Å². The van der Waals surface area contributed by atoms with Gasteiger partial charge in [0.1, 0.15) is 5.82 Å². The molecule has 0 spiro atoms. The molecule has 1 N–H and O–H groups in total. The van der Waals surface area contributed by atoms with Crippen molar-refractivity contribution in [2.75, 3.05) is 5.32 Å². The molecule has 0 saturated carbocycles. The quantitative estimate of drug-likeness (QED) is 0.433. The minimum absolute atomic E-state index is 0.177. The zero-order valence-corrected chi connectivity index (χ0v) is 17.6. The summed E-state index contributed by atoms with van der Waals surface area (Å²) in [5.41, 5.74) is 4.17. The third kappa shape index (κ3) is 3.06. The lowest BCUT2D eigenvalue weighted by Crippen LogP contribution is -2.22. The Morgan fingerprint density at radius 1 is 1.00 bits per heavy atom. The molecule has 6 heteroatoms. The van der Waals surface area contributed by atoms with Crippen LogP contribution in [0.1, 0.15) is 17.0 Å². The minimum atomic E-state index is -0.221. The number of aryl methyl sites for hydroxylation is 1. The number of carbonyl (C=O) groups is 1. The first-order valence-corrected chi connectivity index (χ1v) is 10.2. The third-order valence-electron chi connectivity index (χ3n) is 5.13. The van der Waals surface area contributed by atoms with E-state index in [-0.39, 0.29) is 11.5 Å². The standard InChI is InChI=1S/C24H16BrN3O2/c1-14-6-9-16(10-7-14)28-22(26-20-5-3-2-4-17(20)24(28)30)13-19-18-12-15(25)8-11-21(18)27-23(19)29/h2-13H,1H3,(H,27,29). The van der Waals surface area contributed by atoms with Crippen molar-refractivity contribution in [3.05, 3.63) is 98.5 Å². The molecule has 5 nitrogen and oxygen atoms in total. The Bertz CT molecular complexity index is 1420. The lowest BCUT2D eigenvalue weighted by atomic mass is 10.1. The number of anilines is 1. The summed E-state index contributed by atoms with van der Waals surface area (Å²) in [6, 6.07) is 20.5. The highest BCUT2D eigenvalue weighted by molar-refractivity contribution is 9.10. The molecule has 1 aliphatic rings. The van der Waals surface area contributed by atoms with Crippen LogP contribution in [0.15, 0.2) is 76.0 Å². The predicted molar refractivity (Wildman–Crippen MR) is 123 cm³/mol. The molecule has 4 aromatic rings. The van der Waals surface area contributed by atoms with Gasteiger partial charge in [-0.3, -0.25) is 14.2 Å². The molecule has 0 radical (unpaired) electrons. The summed E-state index contributed by atoms with van der Waals surface area (Å²) in [7, 11) is 0. The lowest BCUT2D eigenvalue weighted by molar-refractivity contribution is -0.110. The number of nitrogens with zero attached hydrogens (tertiary/aromatic N) is 2. The number of amides is 1.